The van der Waals surface area contributed by atoms with Gasteiger partial charge in [0.2, 0.25) is 0 Å². The molecule has 1 fully saturated rings. The Morgan fingerprint density at radius 1 is 1.62 bits per heavy atom. The fourth-order valence-electron chi connectivity index (χ4n) is 1.83. The van der Waals surface area contributed by atoms with Crippen molar-refractivity contribution in [1.82, 2.24) is 4.98 Å². The van der Waals surface area contributed by atoms with E-state index in [1.807, 2.05) is 11.9 Å². The summed E-state index contributed by atoms with van der Waals surface area (Å²) in [6.07, 6.45) is 4.89. The molecule has 0 radical (unpaired) electrons. The van der Waals surface area contributed by atoms with Crippen molar-refractivity contribution in [3.05, 3.63) is 17.8 Å². The maximum Gasteiger partial charge on any atom is 0.337 e. The molecule has 1 aromatic rings. The molecule has 2 rings (SSSR count). The van der Waals surface area contributed by atoms with Gasteiger partial charge in [-0.05, 0) is 25.3 Å². The Bertz CT molecular complexity index is 416. The van der Waals surface area contributed by atoms with Gasteiger partial charge in [0.15, 0.2) is 5.82 Å². The van der Waals surface area contributed by atoms with Gasteiger partial charge in [0.1, 0.15) is 0 Å². The zero-order chi connectivity index (χ0) is 11.7. The zero-order valence-electron chi connectivity index (χ0n) is 9.18. The Hall–Kier alpha value is -1.78. The van der Waals surface area contributed by atoms with Gasteiger partial charge < -0.3 is 15.7 Å². The number of pyridine rings is 1. The van der Waals surface area contributed by atoms with E-state index >= 15 is 0 Å². The lowest BCUT2D eigenvalue weighted by molar-refractivity contribution is 0.0696. The van der Waals surface area contributed by atoms with Gasteiger partial charge in [0.25, 0.3) is 0 Å². The number of carboxylic acids is 1. The van der Waals surface area contributed by atoms with Crippen molar-refractivity contribution < 1.29 is 9.90 Å². The first-order chi connectivity index (χ1) is 7.59. The number of aromatic carboxylic acids is 1. The Morgan fingerprint density at radius 3 is 2.75 bits per heavy atom. The summed E-state index contributed by atoms with van der Waals surface area (Å²) in [5.74, 6) is -0.327. The lowest BCUT2D eigenvalue weighted by Crippen LogP contribution is -2.38. The van der Waals surface area contributed by atoms with Crippen LogP contribution in [0.15, 0.2) is 12.3 Å². The molecule has 5 nitrogen and oxygen atoms in total. The number of nitrogens with two attached hydrogens (primary N) is 1. The van der Waals surface area contributed by atoms with E-state index in [0.29, 0.717) is 17.5 Å². The Labute approximate surface area is 93.9 Å². The molecule has 86 valence electrons. The van der Waals surface area contributed by atoms with Gasteiger partial charge in [0, 0.05) is 19.3 Å². The van der Waals surface area contributed by atoms with Crippen LogP contribution in [0, 0.1) is 0 Å². The van der Waals surface area contributed by atoms with Crippen LogP contribution in [0.3, 0.4) is 0 Å². The molecule has 0 spiro atoms. The van der Waals surface area contributed by atoms with Crippen molar-refractivity contribution in [2.75, 3.05) is 17.7 Å². The predicted octanol–water partition coefficient (Wildman–Crippen LogP) is 1.35. The first-order valence-corrected chi connectivity index (χ1v) is 5.31. The van der Waals surface area contributed by atoms with E-state index in [-0.39, 0.29) is 5.56 Å². The van der Waals surface area contributed by atoms with Gasteiger partial charge in [-0.15, -0.1) is 0 Å². The molecule has 5 heteroatoms. The molecule has 0 amide bonds. The molecule has 1 aliphatic carbocycles. The SMILES string of the molecule is CN(c1ncc(C(=O)O)cc1N)C1CCC1. The van der Waals surface area contributed by atoms with E-state index in [9.17, 15) is 4.79 Å². The van der Waals surface area contributed by atoms with Gasteiger partial charge in [-0.3, -0.25) is 0 Å². The van der Waals surface area contributed by atoms with Crippen molar-refractivity contribution in [3.8, 4) is 0 Å². The molecule has 0 unspecified atom stereocenters. The molecule has 0 atom stereocenters. The largest absolute Gasteiger partial charge is 0.478 e. The van der Waals surface area contributed by atoms with Crippen molar-refractivity contribution in [3.63, 3.8) is 0 Å². The summed E-state index contributed by atoms with van der Waals surface area (Å²) < 4.78 is 0. The van der Waals surface area contributed by atoms with Crippen LogP contribution in [0.2, 0.25) is 0 Å². The Kier molecular flexibility index (Phi) is 2.68. The molecular formula is C11H15N3O2. The van der Waals surface area contributed by atoms with Crippen LogP contribution < -0.4 is 10.6 Å². The second-order valence-electron chi connectivity index (χ2n) is 4.14. The maximum atomic E-state index is 10.7. The third-order valence-electron chi connectivity index (χ3n) is 3.10. The number of nitrogen functional groups attached to an aromatic ring is 1. The van der Waals surface area contributed by atoms with E-state index < -0.39 is 5.97 Å². The van der Waals surface area contributed by atoms with Crippen LogP contribution in [0.4, 0.5) is 11.5 Å². The summed E-state index contributed by atoms with van der Waals surface area (Å²) in [7, 11) is 1.95. The van der Waals surface area contributed by atoms with Crippen molar-refractivity contribution in [2.24, 2.45) is 0 Å². The van der Waals surface area contributed by atoms with Gasteiger partial charge >= 0.3 is 5.97 Å². The first-order valence-electron chi connectivity index (χ1n) is 5.31. The normalized spacial score (nSPS) is 15.6. The van der Waals surface area contributed by atoms with Gasteiger partial charge in [-0.25, -0.2) is 9.78 Å². The number of nitrogens with zero attached hydrogens (tertiary/aromatic N) is 2. The maximum absolute atomic E-state index is 10.7. The van der Waals surface area contributed by atoms with E-state index in [1.165, 1.54) is 18.7 Å². The van der Waals surface area contributed by atoms with Crippen LogP contribution in [0.25, 0.3) is 0 Å². The monoisotopic (exact) mass is 221 g/mol. The van der Waals surface area contributed by atoms with E-state index in [2.05, 4.69) is 4.98 Å². The summed E-state index contributed by atoms with van der Waals surface area (Å²) in [4.78, 5) is 16.9. The molecular weight excluding hydrogens is 206 g/mol. The fraction of sp³-hybridized carbons (Fsp3) is 0.455. The number of hydrogen-bond acceptors (Lipinski definition) is 4. The van der Waals surface area contributed by atoms with E-state index in [4.69, 9.17) is 10.8 Å². The van der Waals surface area contributed by atoms with Crippen LogP contribution in [-0.4, -0.2) is 29.1 Å². The first kappa shape index (κ1) is 10.7. The summed E-state index contributed by atoms with van der Waals surface area (Å²) in [5.41, 5.74) is 6.36. The Balaban J connectivity index is 2.24. The zero-order valence-corrected chi connectivity index (χ0v) is 9.18. The quantitative estimate of drug-likeness (QED) is 0.805. The highest BCUT2D eigenvalue weighted by Gasteiger charge is 2.24. The van der Waals surface area contributed by atoms with Crippen LogP contribution >= 0.6 is 0 Å². The molecule has 0 bridgehead atoms. The molecule has 1 heterocycles. The molecule has 0 aliphatic heterocycles. The number of anilines is 2. The molecule has 0 saturated heterocycles. The van der Waals surface area contributed by atoms with Crippen LogP contribution in [-0.2, 0) is 0 Å². The molecule has 3 N–H and O–H groups in total. The van der Waals surface area contributed by atoms with E-state index in [0.717, 1.165) is 12.8 Å². The molecule has 0 aromatic carbocycles. The number of rotatable bonds is 3. The van der Waals surface area contributed by atoms with Gasteiger partial charge in [-0.2, -0.15) is 0 Å². The second-order valence-corrected chi connectivity index (χ2v) is 4.14. The number of carbonyl (C=O) groups is 1. The third kappa shape index (κ3) is 1.80. The molecule has 16 heavy (non-hydrogen) atoms. The minimum atomic E-state index is -1.00. The van der Waals surface area contributed by atoms with Gasteiger partial charge in [0.05, 0.1) is 11.3 Å². The summed E-state index contributed by atoms with van der Waals surface area (Å²) in [5, 5.41) is 8.80. The lowest BCUT2D eigenvalue weighted by Gasteiger charge is -2.36. The molecule has 1 aromatic heterocycles. The molecule has 1 saturated carbocycles. The minimum Gasteiger partial charge on any atom is -0.478 e. The highest BCUT2D eigenvalue weighted by Crippen LogP contribution is 2.30. The van der Waals surface area contributed by atoms with E-state index in [1.54, 1.807) is 0 Å². The van der Waals surface area contributed by atoms with Crippen LogP contribution in [0.5, 0.6) is 0 Å². The second kappa shape index (κ2) is 4.00. The predicted molar refractivity (Wildman–Crippen MR) is 61.7 cm³/mol. The number of hydrogen-bond donors (Lipinski definition) is 2. The lowest BCUT2D eigenvalue weighted by atomic mass is 9.92. The standard InChI is InChI=1S/C11H15N3O2/c1-14(8-3-2-4-8)10-9(12)5-7(6-13-10)11(15)16/h5-6,8H,2-4,12H2,1H3,(H,15,16). The highest BCUT2D eigenvalue weighted by molar-refractivity contribution is 5.89. The van der Waals surface area contributed by atoms with Gasteiger partial charge in [-0.1, -0.05) is 0 Å². The van der Waals surface area contributed by atoms with Crippen molar-refractivity contribution >= 4 is 17.5 Å². The average Bonchev–Trinajstić information content (AvgIpc) is 2.14. The fourth-order valence-corrected chi connectivity index (χ4v) is 1.83. The smallest absolute Gasteiger partial charge is 0.337 e. The third-order valence-corrected chi connectivity index (χ3v) is 3.10. The van der Waals surface area contributed by atoms with Crippen molar-refractivity contribution in [1.29, 1.82) is 0 Å². The summed E-state index contributed by atoms with van der Waals surface area (Å²) in [6, 6.07) is 1.95. The number of aromatic nitrogens is 1. The summed E-state index contributed by atoms with van der Waals surface area (Å²) >= 11 is 0. The highest BCUT2D eigenvalue weighted by atomic mass is 16.4. The topological polar surface area (TPSA) is 79.5 Å². The average molecular weight is 221 g/mol. The summed E-state index contributed by atoms with van der Waals surface area (Å²) in [6.45, 7) is 0. The number of carboxylic acid groups (broad SMARTS) is 1. The van der Waals surface area contributed by atoms with Crippen molar-refractivity contribution in [2.45, 2.75) is 25.3 Å². The minimum absolute atomic E-state index is 0.128. The Morgan fingerprint density at radius 2 is 2.31 bits per heavy atom. The molecule has 1 aliphatic rings. The van der Waals surface area contributed by atoms with Crippen LogP contribution in [0.1, 0.15) is 29.6 Å².